The molecule has 0 aromatic heterocycles. The maximum Gasteiger partial charge on any atom is 0.340 e. The zero-order valence-electron chi connectivity index (χ0n) is 25.6. The van der Waals surface area contributed by atoms with Gasteiger partial charge in [-0.15, -0.1) is 0 Å². The SMILES string of the molecule is CCCCCCOC(OCCCCC)(OCCC(C)C)C(CCCCC)(OCCCC)OCC(C)C. The Morgan fingerprint density at radius 2 is 0.972 bits per heavy atom. The van der Waals surface area contributed by atoms with Crippen LogP contribution in [-0.4, -0.2) is 44.8 Å². The molecule has 0 N–H and O–H groups in total. The van der Waals surface area contributed by atoms with Crippen LogP contribution in [0.3, 0.4) is 0 Å². The molecule has 0 fully saturated rings. The molecule has 36 heavy (non-hydrogen) atoms. The van der Waals surface area contributed by atoms with Gasteiger partial charge < -0.3 is 23.7 Å². The summed E-state index contributed by atoms with van der Waals surface area (Å²) < 4.78 is 33.6. The number of ether oxygens (including phenoxy) is 5. The third-order valence-electron chi connectivity index (χ3n) is 6.38. The number of unbranched alkanes of at least 4 members (excludes halogenated alkanes) is 8. The predicted molar refractivity (Wildman–Crippen MR) is 152 cm³/mol. The van der Waals surface area contributed by atoms with E-state index >= 15 is 0 Å². The molecular weight excluding hydrogens is 452 g/mol. The average molecular weight is 517 g/mol. The molecule has 2 atom stereocenters. The molecule has 0 heterocycles. The van der Waals surface area contributed by atoms with Gasteiger partial charge >= 0.3 is 5.97 Å². The predicted octanol–water partition coefficient (Wildman–Crippen LogP) is 9.27. The van der Waals surface area contributed by atoms with Gasteiger partial charge in [0.15, 0.2) is 0 Å². The van der Waals surface area contributed by atoms with Crippen molar-refractivity contribution >= 4 is 0 Å². The first-order valence-corrected chi connectivity index (χ1v) is 15.5. The highest BCUT2D eigenvalue weighted by atomic mass is 16.9. The Labute approximate surface area is 225 Å². The first-order chi connectivity index (χ1) is 17.3. The van der Waals surface area contributed by atoms with E-state index in [-0.39, 0.29) is 0 Å². The Bertz CT molecular complexity index is 458. The van der Waals surface area contributed by atoms with Gasteiger partial charge in [-0.25, -0.2) is 0 Å². The lowest BCUT2D eigenvalue weighted by Gasteiger charge is -2.48. The smallest absolute Gasteiger partial charge is 0.340 e. The van der Waals surface area contributed by atoms with Gasteiger partial charge in [0.05, 0.1) is 33.0 Å². The molecular formula is C31H64O5. The summed E-state index contributed by atoms with van der Waals surface area (Å²) in [6, 6.07) is 0. The summed E-state index contributed by atoms with van der Waals surface area (Å²) in [4.78, 5) is 0. The molecule has 0 amide bonds. The largest absolute Gasteiger partial charge is 0.343 e. The minimum Gasteiger partial charge on any atom is -0.343 e. The van der Waals surface area contributed by atoms with Gasteiger partial charge in [-0.2, -0.15) is 0 Å². The van der Waals surface area contributed by atoms with Crippen LogP contribution < -0.4 is 0 Å². The first kappa shape index (κ1) is 35.8. The summed E-state index contributed by atoms with van der Waals surface area (Å²) in [7, 11) is 0. The summed E-state index contributed by atoms with van der Waals surface area (Å²) >= 11 is 0. The minimum atomic E-state index is -1.36. The normalized spacial score (nSPS) is 15.5. The Balaban J connectivity index is 6.32. The standard InChI is InChI=1S/C31H64O5/c1-9-13-17-20-25-34-31(33-24-19-15-11-3,35-26-21-28(5)6)30(22-18-14-10-2,32-23-16-12-4)36-27-29(7)8/h28-29H,9-27H2,1-8H3. The van der Waals surface area contributed by atoms with Gasteiger partial charge in [0, 0.05) is 6.42 Å². The molecule has 0 aliphatic heterocycles. The molecule has 0 radical (unpaired) electrons. The van der Waals surface area contributed by atoms with Gasteiger partial charge in [0.25, 0.3) is 5.79 Å². The van der Waals surface area contributed by atoms with E-state index < -0.39 is 11.8 Å². The third kappa shape index (κ3) is 15.3. The maximum atomic E-state index is 6.75. The monoisotopic (exact) mass is 516 g/mol. The molecule has 0 aliphatic carbocycles. The summed E-state index contributed by atoms with van der Waals surface area (Å²) in [6.07, 6.45) is 14.6. The van der Waals surface area contributed by atoms with E-state index in [0.29, 0.717) is 51.3 Å². The molecule has 5 heteroatoms. The fourth-order valence-corrected chi connectivity index (χ4v) is 3.98. The van der Waals surface area contributed by atoms with Crippen molar-refractivity contribution in [3.05, 3.63) is 0 Å². The quantitative estimate of drug-likeness (QED) is 0.0804. The van der Waals surface area contributed by atoms with Crippen LogP contribution in [-0.2, 0) is 23.7 Å². The zero-order valence-corrected chi connectivity index (χ0v) is 25.6. The van der Waals surface area contributed by atoms with Crippen LogP contribution in [0.4, 0.5) is 0 Å². The highest BCUT2D eigenvalue weighted by Crippen LogP contribution is 2.40. The van der Waals surface area contributed by atoms with Gasteiger partial charge in [-0.3, -0.25) is 0 Å². The fourth-order valence-electron chi connectivity index (χ4n) is 3.98. The van der Waals surface area contributed by atoms with Gasteiger partial charge in [-0.1, -0.05) is 107 Å². The Morgan fingerprint density at radius 3 is 1.53 bits per heavy atom. The van der Waals surface area contributed by atoms with E-state index in [4.69, 9.17) is 23.7 Å². The van der Waals surface area contributed by atoms with Crippen molar-refractivity contribution in [3.63, 3.8) is 0 Å². The van der Waals surface area contributed by atoms with Crippen LogP contribution in [0.5, 0.6) is 0 Å². The second kappa shape index (κ2) is 22.8. The highest BCUT2D eigenvalue weighted by Gasteiger charge is 2.58. The third-order valence-corrected chi connectivity index (χ3v) is 6.38. The van der Waals surface area contributed by atoms with Crippen LogP contribution in [0, 0.1) is 11.8 Å². The molecule has 0 spiro atoms. The minimum absolute atomic E-state index is 0.364. The summed E-state index contributed by atoms with van der Waals surface area (Å²) in [5, 5.41) is 0. The second-order valence-electron chi connectivity index (χ2n) is 11.2. The molecule has 0 aliphatic rings. The molecule has 0 bridgehead atoms. The highest BCUT2D eigenvalue weighted by molar-refractivity contribution is 4.85. The topological polar surface area (TPSA) is 46.2 Å². The fraction of sp³-hybridized carbons (Fsp3) is 1.00. The van der Waals surface area contributed by atoms with Gasteiger partial charge in [0.1, 0.15) is 0 Å². The van der Waals surface area contributed by atoms with E-state index in [1.54, 1.807) is 0 Å². The number of hydrogen-bond donors (Lipinski definition) is 0. The van der Waals surface area contributed by atoms with Crippen LogP contribution in [0.1, 0.15) is 145 Å². The molecule has 0 saturated heterocycles. The van der Waals surface area contributed by atoms with Crippen molar-refractivity contribution < 1.29 is 23.7 Å². The average Bonchev–Trinajstić information content (AvgIpc) is 2.84. The van der Waals surface area contributed by atoms with E-state index in [9.17, 15) is 0 Å². The van der Waals surface area contributed by atoms with Crippen LogP contribution in [0.15, 0.2) is 0 Å². The zero-order chi connectivity index (χ0) is 27.1. The van der Waals surface area contributed by atoms with Crippen LogP contribution in [0.2, 0.25) is 0 Å². The van der Waals surface area contributed by atoms with Crippen LogP contribution in [0.25, 0.3) is 0 Å². The van der Waals surface area contributed by atoms with Crippen LogP contribution >= 0.6 is 0 Å². The van der Waals surface area contributed by atoms with Crippen molar-refractivity contribution in [1.29, 1.82) is 0 Å². The molecule has 0 rings (SSSR count). The Kier molecular flexibility index (Phi) is 22.6. The van der Waals surface area contributed by atoms with E-state index in [0.717, 1.165) is 70.6 Å². The lowest BCUT2D eigenvalue weighted by atomic mass is 10.0. The maximum absolute atomic E-state index is 6.75. The van der Waals surface area contributed by atoms with E-state index in [2.05, 4.69) is 55.4 Å². The summed E-state index contributed by atoms with van der Waals surface area (Å²) in [5.74, 6) is -1.56. The summed E-state index contributed by atoms with van der Waals surface area (Å²) in [6.45, 7) is 20.5. The molecule has 0 saturated carbocycles. The lowest BCUT2D eigenvalue weighted by molar-refractivity contribution is -0.501. The van der Waals surface area contributed by atoms with Crippen molar-refractivity contribution in [2.45, 2.75) is 157 Å². The number of rotatable bonds is 27. The molecule has 0 aromatic carbocycles. The molecule has 0 aromatic rings. The molecule has 2 unspecified atom stereocenters. The van der Waals surface area contributed by atoms with Gasteiger partial charge in [-0.05, 0) is 43.9 Å². The number of hydrogen-bond acceptors (Lipinski definition) is 5. The van der Waals surface area contributed by atoms with Crippen molar-refractivity contribution in [1.82, 2.24) is 0 Å². The van der Waals surface area contributed by atoms with Gasteiger partial charge in [0.2, 0.25) is 0 Å². The van der Waals surface area contributed by atoms with Crippen molar-refractivity contribution in [3.8, 4) is 0 Å². The Hall–Kier alpha value is -0.200. The van der Waals surface area contributed by atoms with Crippen molar-refractivity contribution in [2.75, 3.05) is 33.0 Å². The van der Waals surface area contributed by atoms with E-state index in [1.165, 1.54) is 12.8 Å². The second-order valence-corrected chi connectivity index (χ2v) is 11.2. The lowest BCUT2D eigenvalue weighted by Crippen LogP contribution is -2.63. The van der Waals surface area contributed by atoms with Crippen molar-refractivity contribution in [2.24, 2.45) is 11.8 Å². The summed E-state index contributed by atoms with van der Waals surface area (Å²) in [5.41, 5.74) is 0. The molecule has 5 nitrogen and oxygen atoms in total. The Morgan fingerprint density at radius 1 is 0.472 bits per heavy atom. The molecule has 218 valence electrons. The first-order valence-electron chi connectivity index (χ1n) is 15.5. The van der Waals surface area contributed by atoms with E-state index in [1.807, 2.05) is 0 Å².